The number of hydrogen-bond donors (Lipinski definition) is 2. The Hall–Kier alpha value is -2.21. The lowest BCUT2D eigenvalue weighted by Crippen LogP contribution is -1.90. The maximum Gasteiger partial charge on any atom is 0.195 e. The minimum absolute atomic E-state index is 0.113. The van der Waals surface area contributed by atoms with Crippen LogP contribution < -0.4 is 5.73 Å². The Kier molecular flexibility index (Phi) is 3.00. The van der Waals surface area contributed by atoms with E-state index in [4.69, 9.17) is 5.73 Å². The number of aromatic hydroxyl groups is 1. The summed E-state index contributed by atoms with van der Waals surface area (Å²) < 4.78 is 1.94. The van der Waals surface area contributed by atoms with Gasteiger partial charge in [-0.15, -0.1) is 10.2 Å². The molecule has 19 heavy (non-hydrogen) atoms. The van der Waals surface area contributed by atoms with Crippen molar-refractivity contribution in [1.82, 2.24) is 14.6 Å². The van der Waals surface area contributed by atoms with Gasteiger partial charge >= 0.3 is 0 Å². The lowest BCUT2D eigenvalue weighted by Gasteiger charge is -2.03. The molecule has 0 fully saturated rings. The first-order valence-corrected chi connectivity index (χ1v) is 6.72. The Labute approximate surface area is 114 Å². The maximum absolute atomic E-state index is 9.38. The molecule has 0 aliphatic rings. The Morgan fingerprint density at radius 3 is 2.95 bits per heavy atom. The van der Waals surface area contributed by atoms with Crippen LogP contribution in [0.15, 0.2) is 47.8 Å². The second-order valence-corrected chi connectivity index (χ2v) is 5.04. The summed E-state index contributed by atoms with van der Waals surface area (Å²) in [6.07, 6.45) is 1.93. The fourth-order valence-electron chi connectivity index (χ4n) is 1.76. The fourth-order valence-corrected chi connectivity index (χ4v) is 2.63. The van der Waals surface area contributed by atoms with Gasteiger partial charge in [-0.05, 0) is 29.8 Å². The van der Waals surface area contributed by atoms with Gasteiger partial charge in [0.1, 0.15) is 5.75 Å². The number of phenols is 1. The molecule has 1 aromatic carbocycles. The highest BCUT2D eigenvalue weighted by Gasteiger charge is 2.06. The zero-order valence-electron chi connectivity index (χ0n) is 10.0. The molecule has 0 aliphatic carbocycles. The highest BCUT2D eigenvalue weighted by molar-refractivity contribution is 7.98. The van der Waals surface area contributed by atoms with Gasteiger partial charge in [0.2, 0.25) is 0 Å². The molecule has 0 spiro atoms. The molecule has 0 atom stereocenters. The van der Waals surface area contributed by atoms with Crippen LogP contribution in [0.5, 0.6) is 5.75 Å². The van der Waals surface area contributed by atoms with Gasteiger partial charge in [0, 0.05) is 11.9 Å². The molecule has 0 saturated carbocycles. The van der Waals surface area contributed by atoms with Crippen LogP contribution in [0.1, 0.15) is 5.56 Å². The number of nitrogens with zero attached hydrogens (tertiary/aromatic N) is 3. The number of aromatic nitrogens is 3. The molecule has 96 valence electrons. The van der Waals surface area contributed by atoms with Crippen molar-refractivity contribution in [3.8, 4) is 5.75 Å². The quantitative estimate of drug-likeness (QED) is 0.434. The third-order valence-electron chi connectivity index (χ3n) is 2.74. The van der Waals surface area contributed by atoms with Crippen molar-refractivity contribution in [2.45, 2.75) is 10.9 Å². The smallest absolute Gasteiger partial charge is 0.195 e. The van der Waals surface area contributed by atoms with Crippen LogP contribution >= 0.6 is 11.8 Å². The number of phenolic OH excluding ortho intramolecular Hbond substituents is 1. The Balaban J connectivity index is 1.80. The van der Waals surface area contributed by atoms with Crippen molar-refractivity contribution in [2.75, 3.05) is 5.73 Å². The first-order valence-electron chi connectivity index (χ1n) is 5.74. The number of benzene rings is 1. The summed E-state index contributed by atoms with van der Waals surface area (Å²) in [7, 11) is 0. The highest BCUT2D eigenvalue weighted by atomic mass is 32.2. The van der Waals surface area contributed by atoms with E-state index in [2.05, 4.69) is 10.2 Å². The van der Waals surface area contributed by atoms with E-state index in [0.29, 0.717) is 5.69 Å². The average molecular weight is 272 g/mol. The first-order chi connectivity index (χ1) is 9.24. The average Bonchev–Trinajstić information content (AvgIpc) is 2.83. The van der Waals surface area contributed by atoms with Crippen LogP contribution in [-0.4, -0.2) is 19.7 Å². The molecule has 0 radical (unpaired) electrons. The molecular formula is C13H12N4OS. The second-order valence-electron chi connectivity index (χ2n) is 4.09. The van der Waals surface area contributed by atoms with Crippen LogP contribution in [0.4, 0.5) is 5.69 Å². The van der Waals surface area contributed by atoms with Crippen LogP contribution in [0, 0.1) is 0 Å². The number of nitrogen functional groups attached to an aromatic ring is 1. The molecule has 0 amide bonds. The minimum atomic E-state index is 0.113. The number of anilines is 1. The Morgan fingerprint density at radius 1 is 1.21 bits per heavy atom. The van der Waals surface area contributed by atoms with Crippen molar-refractivity contribution < 1.29 is 5.11 Å². The van der Waals surface area contributed by atoms with Crippen LogP contribution in [0.25, 0.3) is 5.65 Å². The van der Waals surface area contributed by atoms with Crippen LogP contribution in [0.2, 0.25) is 0 Å². The van der Waals surface area contributed by atoms with E-state index < -0.39 is 0 Å². The monoisotopic (exact) mass is 272 g/mol. The third-order valence-corrected chi connectivity index (χ3v) is 3.76. The first kappa shape index (κ1) is 11.9. The summed E-state index contributed by atoms with van der Waals surface area (Å²) in [6, 6.07) is 11.0. The second kappa shape index (κ2) is 4.81. The van der Waals surface area contributed by atoms with E-state index in [0.717, 1.165) is 22.1 Å². The van der Waals surface area contributed by atoms with Gasteiger partial charge in [-0.2, -0.15) is 0 Å². The van der Waals surface area contributed by atoms with Crippen molar-refractivity contribution in [3.63, 3.8) is 0 Å². The normalized spacial score (nSPS) is 10.9. The summed E-state index contributed by atoms with van der Waals surface area (Å²) in [5.41, 5.74) is 7.92. The van der Waals surface area contributed by atoms with E-state index in [9.17, 15) is 5.11 Å². The van der Waals surface area contributed by atoms with Crippen LogP contribution in [0.3, 0.4) is 0 Å². The summed E-state index contributed by atoms with van der Waals surface area (Å²) in [5, 5.41) is 18.5. The van der Waals surface area contributed by atoms with Gasteiger partial charge in [-0.3, -0.25) is 4.40 Å². The topological polar surface area (TPSA) is 76.4 Å². The predicted octanol–water partition coefficient (Wildman–Crippen LogP) is 2.31. The van der Waals surface area contributed by atoms with Gasteiger partial charge in [-0.1, -0.05) is 23.9 Å². The van der Waals surface area contributed by atoms with E-state index in [-0.39, 0.29) is 5.75 Å². The van der Waals surface area contributed by atoms with Gasteiger partial charge in [0.25, 0.3) is 0 Å². The fraction of sp³-hybridized carbons (Fsp3) is 0.0769. The van der Waals surface area contributed by atoms with E-state index in [1.807, 2.05) is 34.9 Å². The molecule has 5 nitrogen and oxygen atoms in total. The standard InChI is InChI=1S/C13H12N4OS/c14-10-7-9(4-5-11(10)18)8-19-13-16-15-12-3-1-2-6-17(12)13/h1-7,18H,8,14H2. The lowest BCUT2D eigenvalue weighted by atomic mass is 10.2. The number of nitrogens with two attached hydrogens (primary N) is 1. The molecule has 0 unspecified atom stereocenters. The molecular weight excluding hydrogens is 260 g/mol. The number of rotatable bonds is 3. The highest BCUT2D eigenvalue weighted by Crippen LogP contribution is 2.26. The summed E-state index contributed by atoms with van der Waals surface area (Å²) >= 11 is 1.58. The molecule has 3 rings (SSSR count). The number of hydrogen-bond acceptors (Lipinski definition) is 5. The van der Waals surface area contributed by atoms with Crippen molar-refractivity contribution in [2.24, 2.45) is 0 Å². The van der Waals surface area contributed by atoms with Crippen molar-refractivity contribution in [3.05, 3.63) is 48.2 Å². The van der Waals surface area contributed by atoms with Gasteiger partial charge < -0.3 is 10.8 Å². The molecule has 2 aromatic heterocycles. The largest absolute Gasteiger partial charge is 0.506 e. The van der Waals surface area contributed by atoms with Crippen molar-refractivity contribution >= 4 is 23.1 Å². The van der Waals surface area contributed by atoms with E-state index in [1.54, 1.807) is 23.9 Å². The maximum atomic E-state index is 9.38. The van der Waals surface area contributed by atoms with Gasteiger partial charge in [-0.25, -0.2) is 0 Å². The zero-order chi connectivity index (χ0) is 13.2. The van der Waals surface area contributed by atoms with Gasteiger partial charge in [0.05, 0.1) is 5.69 Å². The minimum Gasteiger partial charge on any atom is -0.506 e. The lowest BCUT2D eigenvalue weighted by molar-refractivity contribution is 0.478. The third kappa shape index (κ3) is 2.34. The van der Waals surface area contributed by atoms with E-state index >= 15 is 0 Å². The predicted molar refractivity (Wildman–Crippen MR) is 75.1 cm³/mol. The molecule has 0 aliphatic heterocycles. The number of pyridine rings is 1. The molecule has 6 heteroatoms. The van der Waals surface area contributed by atoms with E-state index in [1.165, 1.54) is 0 Å². The van der Waals surface area contributed by atoms with Gasteiger partial charge in [0.15, 0.2) is 10.8 Å². The summed E-state index contributed by atoms with van der Waals surface area (Å²) in [4.78, 5) is 0. The SMILES string of the molecule is Nc1cc(CSc2nnc3ccccn23)ccc1O. The molecule has 0 bridgehead atoms. The molecule has 3 aromatic rings. The van der Waals surface area contributed by atoms with Crippen molar-refractivity contribution in [1.29, 1.82) is 0 Å². The number of thioether (sulfide) groups is 1. The van der Waals surface area contributed by atoms with Crippen LogP contribution in [-0.2, 0) is 5.75 Å². The Bertz CT molecular complexity index is 725. The molecule has 3 N–H and O–H groups in total. The Morgan fingerprint density at radius 2 is 2.11 bits per heavy atom. The zero-order valence-corrected chi connectivity index (χ0v) is 10.8. The summed E-state index contributed by atoms with van der Waals surface area (Å²) in [5.74, 6) is 0.835. The summed E-state index contributed by atoms with van der Waals surface area (Å²) in [6.45, 7) is 0. The molecule has 2 heterocycles. The molecule has 0 saturated heterocycles. The number of fused-ring (bicyclic) bond motifs is 1.